The van der Waals surface area contributed by atoms with E-state index in [1.54, 1.807) is 30.7 Å². The maximum Gasteiger partial charge on any atom is 0.257 e. The molecule has 0 saturated heterocycles. The van der Waals surface area contributed by atoms with E-state index in [-0.39, 0.29) is 11.1 Å². The Balaban J connectivity index is 0.000000181. The van der Waals surface area contributed by atoms with Crippen LogP contribution in [0.5, 0.6) is 11.8 Å². The molecule has 0 aliphatic heterocycles. The van der Waals surface area contributed by atoms with Crippen LogP contribution in [0.15, 0.2) is 37.1 Å². The van der Waals surface area contributed by atoms with Crippen LogP contribution in [-0.2, 0) is 0 Å². The van der Waals surface area contributed by atoms with Crippen LogP contribution in [0, 0.1) is 11.8 Å². The first-order valence-electron chi connectivity index (χ1n) is 15.4. The summed E-state index contributed by atoms with van der Waals surface area (Å²) in [7, 11) is 0. The number of nitrogens with one attached hydrogen (secondary N) is 2. The smallest absolute Gasteiger partial charge is 0.257 e. The second-order valence-electron chi connectivity index (χ2n) is 11.2. The highest BCUT2D eigenvalue weighted by Gasteiger charge is 2.24. The van der Waals surface area contributed by atoms with Crippen LogP contribution in [0.1, 0.15) is 84.9 Å². The molecular formula is C30H38N10O4S2. The van der Waals surface area contributed by atoms with Crippen molar-refractivity contribution in [1.29, 1.82) is 0 Å². The number of hydrogen-bond acceptors (Lipinski definition) is 14. The van der Waals surface area contributed by atoms with E-state index >= 15 is 0 Å². The largest absolute Gasteiger partial charge is 0.476 e. The summed E-state index contributed by atoms with van der Waals surface area (Å²) in [6.07, 6.45) is 18.5. The van der Waals surface area contributed by atoms with Crippen molar-refractivity contribution in [3.63, 3.8) is 0 Å². The lowest BCUT2D eigenvalue weighted by atomic mass is 9.90. The SMILES string of the molecule is NC(=O)c1c(OCC2CCCCC2)nsc1Nc1ccncn1.NC(=O)c1c(OCC2CCCCC2)nsc1Nc1ncccn1. The zero-order chi connectivity index (χ0) is 32.1. The topological polar surface area (TPSA) is 206 Å². The van der Waals surface area contributed by atoms with Gasteiger partial charge in [0.1, 0.15) is 33.3 Å². The number of amides is 2. The van der Waals surface area contributed by atoms with Crippen LogP contribution in [0.25, 0.3) is 0 Å². The van der Waals surface area contributed by atoms with E-state index in [2.05, 4.69) is 39.3 Å². The molecule has 0 bridgehead atoms. The monoisotopic (exact) mass is 666 g/mol. The molecule has 4 heterocycles. The molecule has 16 heteroatoms. The lowest BCUT2D eigenvalue weighted by Gasteiger charge is -2.21. The van der Waals surface area contributed by atoms with Gasteiger partial charge in [-0.1, -0.05) is 38.5 Å². The summed E-state index contributed by atoms with van der Waals surface area (Å²) in [4.78, 5) is 39.6. The summed E-state index contributed by atoms with van der Waals surface area (Å²) in [6.45, 7) is 1.16. The van der Waals surface area contributed by atoms with Crippen molar-refractivity contribution >= 4 is 56.6 Å². The fraction of sp³-hybridized carbons (Fsp3) is 0.467. The van der Waals surface area contributed by atoms with E-state index in [0.29, 0.717) is 58.6 Å². The van der Waals surface area contributed by atoms with Gasteiger partial charge in [-0.2, -0.15) is 8.75 Å². The fourth-order valence-corrected chi connectivity index (χ4v) is 6.88. The molecule has 2 saturated carbocycles. The number of ether oxygens (including phenoxy) is 2. The van der Waals surface area contributed by atoms with Crippen molar-refractivity contribution in [3.8, 4) is 11.8 Å². The minimum absolute atomic E-state index is 0.262. The number of nitrogens with zero attached hydrogens (tertiary/aromatic N) is 6. The zero-order valence-electron chi connectivity index (χ0n) is 25.4. The highest BCUT2D eigenvalue weighted by atomic mass is 32.1. The molecule has 0 unspecified atom stereocenters. The molecule has 0 radical (unpaired) electrons. The molecular weight excluding hydrogens is 629 g/mol. The Hall–Kier alpha value is -4.44. The van der Waals surface area contributed by atoms with Crippen LogP contribution in [0.2, 0.25) is 0 Å². The van der Waals surface area contributed by atoms with Crippen LogP contribution >= 0.6 is 23.1 Å². The first-order chi connectivity index (χ1) is 22.5. The van der Waals surface area contributed by atoms with Gasteiger partial charge in [-0.05, 0) is 72.7 Å². The predicted octanol–water partition coefficient (Wildman–Crippen LogP) is 5.47. The third-order valence-corrected chi connectivity index (χ3v) is 9.28. The van der Waals surface area contributed by atoms with Gasteiger partial charge in [-0.15, -0.1) is 0 Å². The highest BCUT2D eigenvalue weighted by molar-refractivity contribution is 7.11. The summed E-state index contributed by atoms with van der Waals surface area (Å²) in [5.74, 6) is 1.49. The number of anilines is 4. The van der Waals surface area contributed by atoms with Gasteiger partial charge in [-0.25, -0.2) is 19.9 Å². The summed E-state index contributed by atoms with van der Waals surface area (Å²) in [5.41, 5.74) is 11.5. The molecule has 0 spiro atoms. The highest BCUT2D eigenvalue weighted by Crippen LogP contribution is 2.34. The van der Waals surface area contributed by atoms with Crippen LogP contribution < -0.4 is 31.6 Å². The van der Waals surface area contributed by atoms with Crippen molar-refractivity contribution in [1.82, 2.24) is 28.7 Å². The van der Waals surface area contributed by atoms with Crippen LogP contribution in [0.3, 0.4) is 0 Å². The minimum Gasteiger partial charge on any atom is -0.476 e. The maximum atomic E-state index is 11.8. The van der Waals surface area contributed by atoms with E-state index < -0.39 is 11.8 Å². The van der Waals surface area contributed by atoms with Gasteiger partial charge in [-0.3, -0.25) is 9.59 Å². The first kappa shape index (κ1) is 32.9. The van der Waals surface area contributed by atoms with E-state index in [9.17, 15) is 9.59 Å². The molecule has 4 aromatic heterocycles. The zero-order valence-corrected chi connectivity index (χ0v) is 27.0. The number of rotatable bonds is 12. The number of primary amides is 2. The number of carbonyl (C=O) groups excluding carboxylic acids is 2. The maximum absolute atomic E-state index is 11.8. The van der Waals surface area contributed by atoms with E-state index in [4.69, 9.17) is 20.9 Å². The van der Waals surface area contributed by atoms with Crippen molar-refractivity contribution < 1.29 is 19.1 Å². The molecule has 2 fully saturated rings. The molecule has 6 rings (SSSR count). The normalized spacial score (nSPS) is 15.3. The Morgan fingerprint density at radius 3 is 1.74 bits per heavy atom. The number of carbonyl (C=O) groups is 2. The van der Waals surface area contributed by atoms with Crippen LogP contribution in [0.4, 0.5) is 21.8 Å². The molecule has 244 valence electrons. The second-order valence-corrected chi connectivity index (χ2v) is 12.7. The third kappa shape index (κ3) is 9.29. The molecule has 0 atom stereocenters. The molecule has 46 heavy (non-hydrogen) atoms. The van der Waals surface area contributed by atoms with Gasteiger partial charge >= 0.3 is 0 Å². The van der Waals surface area contributed by atoms with Gasteiger partial charge in [0.25, 0.3) is 11.8 Å². The Labute approximate surface area is 275 Å². The van der Waals surface area contributed by atoms with E-state index in [1.165, 1.54) is 70.5 Å². The van der Waals surface area contributed by atoms with Crippen molar-refractivity contribution in [2.45, 2.75) is 64.2 Å². The Morgan fingerprint density at radius 1 is 0.739 bits per heavy atom. The average molecular weight is 667 g/mol. The standard InChI is InChI=1S/2C15H19N5O2S/c16-12(21)11-13(22-9-10-5-2-1-3-6-10)20-23-14(11)19-15-17-7-4-8-18-15;16-13(21)12-14(22-8-10-4-2-1-3-5-10)20-23-15(12)19-11-6-7-17-9-18-11/h4,7-8,10H,1-3,5-6,9H2,(H2,16,21)(H,17,18,19);6-7,9-10H,1-5,8H2,(H2,16,21)(H,17,18,19). The van der Waals surface area contributed by atoms with Gasteiger partial charge in [0.15, 0.2) is 0 Å². The molecule has 2 aliphatic carbocycles. The van der Waals surface area contributed by atoms with Gasteiger partial charge in [0, 0.05) is 18.6 Å². The molecule has 14 nitrogen and oxygen atoms in total. The number of hydrogen-bond donors (Lipinski definition) is 4. The summed E-state index contributed by atoms with van der Waals surface area (Å²) in [6, 6.07) is 3.42. The predicted molar refractivity (Wildman–Crippen MR) is 176 cm³/mol. The van der Waals surface area contributed by atoms with Gasteiger partial charge in [0.05, 0.1) is 13.2 Å². The lowest BCUT2D eigenvalue weighted by Crippen LogP contribution is -2.18. The van der Waals surface area contributed by atoms with E-state index in [0.717, 1.165) is 23.1 Å². The number of aromatic nitrogens is 6. The van der Waals surface area contributed by atoms with E-state index in [1.807, 2.05) is 0 Å². The van der Waals surface area contributed by atoms with Gasteiger partial charge in [0.2, 0.25) is 17.7 Å². The molecule has 0 aromatic carbocycles. The van der Waals surface area contributed by atoms with Crippen molar-refractivity contribution in [2.75, 3.05) is 23.8 Å². The molecule has 2 amide bonds. The Bertz CT molecular complexity index is 1430. The second kappa shape index (κ2) is 16.7. The minimum atomic E-state index is -0.573. The summed E-state index contributed by atoms with van der Waals surface area (Å²) < 4.78 is 20.0. The summed E-state index contributed by atoms with van der Waals surface area (Å²) >= 11 is 2.26. The third-order valence-electron chi connectivity index (χ3n) is 7.79. The number of nitrogens with two attached hydrogens (primary N) is 2. The Morgan fingerprint density at radius 2 is 1.26 bits per heavy atom. The summed E-state index contributed by atoms with van der Waals surface area (Å²) in [5, 5.41) is 7.04. The lowest BCUT2D eigenvalue weighted by molar-refractivity contribution is 0.0986. The first-order valence-corrected chi connectivity index (χ1v) is 16.9. The average Bonchev–Trinajstić information content (AvgIpc) is 3.68. The Kier molecular flexibility index (Phi) is 12.0. The fourth-order valence-electron chi connectivity index (χ4n) is 5.40. The molecule has 6 N–H and O–H groups in total. The quantitative estimate of drug-likeness (QED) is 0.149. The molecule has 4 aromatic rings. The van der Waals surface area contributed by atoms with Crippen molar-refractivity contribution in [2.24, 2.45) is 23.3 Å². The van der Waals surface area contributed by atoms with Crippen molar-refractivity contribution in [3.05, 3.63) is 48.2 Å². The van der Waals surface area contributed by atoms with Gasteiger partial charge < -0.3 is 31.6 Å². The van der Waals surface area contributed by atoms with Crippen LogP contribution in [-0.4, -0.2) is 53.7 Å². The molecule has 2 aliphatic rings.